The first-order valence-corrected chi connectivity index (χ1v) is 7.24. The SMILES string of the molecule is CN[C@@H]1CCN(c2cnnc(NCc3ccccn3)c2)C1. The van der Waals surface area contributed by atoms with Gasteiger partial charge in [0.15, 0.2) is 5.82 Å². The van der Waals surface area contributed by atoms with Crippen LogP contribution in [0.2, 0.25) is 0 Å². The van der Waals surface area contributed by atoms with Gasteiger partial charge >= 0.3 is 0 Å². The third-order valence-corrected chi connectivity index (χ3v) is 3.78. The fourth-order valence-electron chi connectivity index (χ4n) is 2.53. The Bertz CT molecular complexity index is 573. The Morgan fingerprint density at radius 2 is 2.33 bits per heavy atom. The van der Waals surface area contributed by atoms with Crippen molar-refractivity contribution in [1.29, 1.82) is 0 Å². The highest BCUT2D eigenvalue weighted by molar-refractivity contribution is 5.53. The van der Waals surface area contributed by atoms with Crippen LogP contribution in [0.3, 0.4) is 0 Å². The molecule has 21 heavy (non-hydrogen) atoms. The third kappa shape index (κ3) is 3.46. The second kappa shape index (κ2) is 6.49. The lowest BCUT2D eigenvalue weighted by molar-refractivity contribution is 0.617. The third-order valence-electron chi connectivity index (χ3n) is 3.78. The highest BCUT2D eigenvalue weighted by atomic mass is 15.2. The first kappa shape index (κ1) is 13.8. The number of rotatable bonds is 5. The van der Waals surface area contributed by atoms with Crippen molar-refractivity contribution in [3.05, 3.63) is 42.4 Å². The molecule has 1 fully saturated rings. The fourth-order valence-corrected chi connectivity index (χ4v) is 2.53. The lowest BCUT2D eigenvalue weighted by Gasteiger charge is -2.18. The van der Waals surface area contributed by atoms with E-state index >= 15 is 0 Å². The monoisotopic (exact) mass is 284 g/mol. The molecule has 110 valence electrons. The Kier molecular flexibility index (Phi) is 4.25. The minimum atomic E-state index is 0.558. The molecule has 2 aromatic rings. The van der Waals surface area contributed by atoms with Crippen LogP contribution in [0.1, 0.15) is 12.1 Å². The lowest BCUT2D eigenvalue weighted by atomic mass is 10.3. The first-order chi connectivity index (χ1) is 10.3. The Hall–Kier alpha value is -2.21. The summed E-state index contributed by atoms with van der Waals surface area (Å²) in [5, 5.41) is 14.8. The van der Waals surface area contributed by atoms with E-state index in [-0.39, 0.29) is 0 Å². The zero-order chi connectivity index (χ0) is 14.5. The molecule has 0 saturated carbocycles. The van der Waals surface area contributed by atoms with E-state index in [2.05, 4.69) is 30.7 Å². The number of anilines is 2. The molecule has 0 unspecified atom stereocenters. The van der Waals surface area contributed by atoms with Gasteiger partial charge in [-0.3, -0.25) is 4.98 Å². The molecule has 1 saturated heterocycles. The van der Waals surface area contributed by atoms with Crippen molar-refractivity contribution < 1.29 is 0 Å². The minimum absolute atomic E-state index is 0.558. The van der Waals surface area contributed by atoms with Gasteiger partial charge in [-0.25, -0.2) is 0 Å². The van der Waals surface area contributed by atoms with Crippen molar-refractivity contribution in [2.75, 3.05) is 30.4 Å². The maximum atomic E-state index is 4.29. The highest BCUT2D eigenvalue weighted by Crippen LogP contribution is 2.21. The van der Waals surface area contributed by atoms with Gasteiger partial charge in [-0.2, -0.15) is 5.10 Å². The maximum absolute atomic E-state index is 4.29. The molecule has 6 heteroatoms. The van der Waals surface area contributed by atoms with Gasteiger partial charge in [0, 0.05) is 31.4 Å². The van der Waals surface area contributed by atoms with Crippen molar-refractivity contribution >= 4 is 11.5 Å². The average molecular weight is 284 g/mol. The second-order valence-electron chi connectivity index (χ2n) is 5.19. The summed E-state index contributed by atoms with van der Waals surface area (Å²) in [6, 6.07) is 8.49. The van der Waals surface area contributed by atoms with Crippen LogP contribution in [-0.2, 0) is 6.54 Å². The summed E-state index contributed by atoms with van der Waals surface area (Å²) in [5.41, 5.74) is 2.10. The molecule has 0 radical (unpaired) electrons. The van der Waals surface area contributed by atoms with E-state index in [1.54, 1.807) is 6.20 Å². The van der Waals surface area contributed by atoms with Gasteiger partial charge < -0.3 is 15.5 Å². The van der Waals surface area contributed by atoms with Gasteiger partial charge in [-0.05, 0) is 25.6 Å². The van der Waals surface area contributed by atoms with Crippen LogP contribution in [0.25, 0.3) is 0 Å². The summed E-state index contributed by atoms with van der Waals surface area (Å²) in [4.78, 5) is 6.62. The molecule has 0 aliphatic carbocycles. The summed E-state index contributed by atoms with van der Waals surface area (Å²) >= 11 is 0. The standard InChI is InChI=1S/C15H20N6/c1-16-13-5-7-21(11-13)14-8-15(20-19-10-14)18-9-12-4-2-3-6-17-12/h2-4,6,8,10,13,16H,5,7,9,11H2,1H3,(H,18,20)/t13-/m1/s1. The van der Waals surface area contributed by atoms with Gasteiger partial charge in [0.2, 0.25) is 0 Å². The number of nitrogens with one attached hydrogen (secondary N) is 2. The molecule has 3 heterocycles. The van der Waals surface area contributed by atoms with E-state index in [0.717, 1.165) is 36.7 Å². The number of hydrogen-bond donors (Lipinski definition) is 2. The van der Waals surface area contributed by atoms with E-state index < -0.39 is 0 Å². The molecule has 3 rings (SSSR count). The molecule has 1 atom stereocenters. The van der Waals surface area contributed by atoms with Crippen LogP contribution < -0.4 is 15.5 Å². The van der Waals surface area contributed by atoms with Crippen LogP contribution in [0.5, 0.6) is 0 Å². The molecule has 0 bridgehead atoms. The second-order valence-corrected chi connectivity index (χ2v) is 5.19. The zero-order valence-corrected chi connectivity index (χ0v) is 12.2. The van der Waals surface area contributed by atoms with Crippen LogP contribution in [0.15, 0.2) is 36.7 Å². The van der Waals surface area contributed by atoms with Crippen molar-refractivity contribution in [1.82, 2.24) is 20.5 Å². The van der Waals surface area contributed by atoms with Gasteiger partial charge in [0.1, 0.15) is 0 Å². The van der Waals surface area contributed by atoms with Crippen LogP contribution >= 0.6 is 0 Å². The summed E-state index contributed by atoms with van der Waals surface area (Å²) in [6.45, 7) is 2.72. The Morgan fingerprint density at radius 3 is 3.10 bits per heavy atom. The van der Waals surface area contributed by atoms with Gasteiger partial charge in [0.25, 0.3) is 0 Å². The van der Waals surface area contributed by atoms with Gasteiger partial charge in [0.05, 0.1) is 24.1 Å². The molecule has 0 spiro atoms. The van der Waals surface area contributed by atoms with Crippen molar-refractivity contribution in [3.8, 4) is 0 Å². The molecule has 6 nitrogen and oxygen atoms in total. The predicted molar refractivity (Wildman–Crippen MR) is 83.3 cm³/mol. The summed E-state index contributed by atoms with van der Waals surface area (Å²) in [5.74, 6) is 0.783. The molecule has 1 aliphatic rings. The van der Waals surface area contributed by atoms with E-state index in [1.165, 1.54) is 0 Å². The Labute approximate surface area is 124 Å². The molecular formula is C15H20N6. The summed E-state index contributed by atoms with van der Waals surface area (Å²) in [6.07, 6.45) is 4.78. The topological polar surface area (TPSA) is 66.0 Å². The molecule has 0 aromatic carbocycles. The van der Waals surface area contributed by atoms with Crippen LogP contribution in [0, 0.1) is 0 Å². The Morgan fingerprint density at radius 1 is 1.38 bits per heavy atom. The maximum Gasteiger partial charge on any atom is 0.151 e. The number of aromatic nitrogens is 3. The number of hydrogen-bond acceptors (Lipinski definition) is 6. The normalized spacial score (nSPS) is 18.0. The smallest absolute Gasteiger partial charge is 0.151 e. The van der Waals surface area contributed by atoms with E-state index in [4.69, 9.17) is 0 Å². The van der Waals surface area contributed by atoms with Crippen LogP contribution in [-0.4, -0.2) is 41.4 Å². The van der Waals surface area contributed by atoms with Crippen molar-refractivity contribution in [2.24, 2.45) is 0 Å². The van der Waals surface area contributed by atoms with E-state index in [9.17, 15) is 0 Å². The van der Waals surface area contributed by atoms with Crippen molar-refractivity contribution in [3.63, 3.8) is 0 Å². The van der Waals surface area contributed by atoms with Gasteiger partial charge in [-0.1, -0.05) is 6.07 Å². The van der Waals surface area contributed by atoms with Crippen molar-refractivity contribution in [2.45, 2.75) is 19.0 Å². The molecular weight excluding hydrogens is 264 g/mol. The minimum Gasteiger partial charge on any atom is -0.369 e. The summed E-state index contributed by atoms with van der Waals surface area (Å²) < 4.78 is 0. The first-order valence-electron chi connectivity index (χ1n) is 7.24. The fraction of sp³-hybridized carbons (Fsp3) is 0.400. The molecule has 2 aromatic heterocycles. The average Bonchev–Trinajstić information content (AvgIpc) is 3.03. The molecule has 2 N–H and O–H groups in total. The highest BCUT2D eigenvalue weighted by Gasteiger charge is 2.21. The Balaban J connectivity index is 1.63. The zero-order valence-electron chi connectivity index (χ0n) is 12.2. The number of likely N-dealkylation sites (N-methyl/N-ethyl adjacent to an activating group) is 1. The summed E-state index contributed by atoms with van der Waals surface area (Å²) in [7, 11) is 2.01. The quantitative estimate of drug-likeness (QED) is 0.862. The van der Waals surface area contributed by atoms with E-state index in [1.807, 2.05) is 37.5 Å². The largest absolute Gasteiger partial charge is 0.369 e. The molecule has 1 aliphatic heterocycles. The number of pyridine rings is 1. The van der Waals surface area contributed by atoms with E-state index in [0.29, 0.717) is 12.6 Å². The van der Waals surface area contributed by atoms with Gasteiger partial charge in [-0.15, -0.1) is 5.10 Å². The lowest BCUT2D eigenvalue weighted by Crippen LogP contribution is -2.29. The predicted octanol–water partition coefficient (Wildman–Crippen LogP) is 1.28. The molecule has 0 amide bonds. The van der Waals surface area contributed by atoms with Crippen LogP contribution in [0.4, 0.5) is 11.5 Å². The number of nitrogens with zero attached hydrogens (tertiary/aromatic N) is 4.